The Kier molecular flexibility index (Phi) is 8.95. The van der Waals surface area contributed by atoms with Crippen molar-refractivity contribution in [2.45, 2.75) is 50.1 Å². The average Bonchev–Trinajstić information content (AvgIpc) is 3.15. The van der Waals surface area contributed by atoms with Gasteiger partial charge in [-0.3, -0.25) is 14.4 Å². The first-order chi connectivity index (χ1) is 19.0. The van der Waals surface area contributed by atoms with Crippen LogP contribution >= 0.6 is 0 Å². The number of methoxy groups -OCH3 is 1. The van der Waals surface area contributed by atoms with Crippen LogP contribution in [0.3, 0.4) is 0 Å². The second-order valence-corrected chi connectivity index (χ2v) is 12.4. The highest BCUT2D eigenvalue weighted by atomic mass is 32.2. The fraction of sp³-hybridized carbons (Fsp3) is 0.414. The van der Waals surface area contributed by atoms with Gasteiger partial charge >= 0.3 is 0 Å². The number of ether oxygens (including phenoxy) is 1. The molecule has 3 aromatic rings. The number of ketones is 1. The molecule has 0 unspecified atom stereocenters. The molecule has 1 aliphatic rings. The molecule has 40 heavy (non-hydrogen) atoms. The van der Waals surface area contributed by atoms with Crippen molar-refractivity contribution in [3.05, 3.63) is 60.3 Å². The minimum atomic E-state index is -3.94. The molecule has 0 radical (unpaired) electrons. The Hall–Kier alpha value is -3.70. The van der Waals surface area contributed by atoms with E-state index in [2.05, 4.69) is 10.6 Å². The van der Waals surface area contributed by atoms with Gasteiger partial charge in [0.2, 0.25) is 15.9 Å². The fourth-order valence-corrected chi connectivity index (χ4v) is 6.46. The minimum absolute atomic E-state index is 0.0372. The Morgan fingerprint density at radius 2 is 1.85 bits per heavy atom. The van der Waals surface area contributed by atoms with Gasteiger partial charge in [-0.25, -0.2) is 8.42 Å². The van der Waals surface area contributed by atoms with Crippen LogP contribution in [0.15, 0.2) is 59.5 Å². The normalized spacial score (nSPS) is 17.4. The number of para-hydroxylation sites is 1. The van der Waals surface area contributed by atoms with Crippen LogP contribution in [-0.4, -0.2) is 67.2 Å². The molecule has 1 aromatic heterocycles. The van der Waals surface area contributed by atoms with Crippen LogP contribution < -0.4 is 15.4 Å². The number of aromatic nitrogens is 1. The van der Waals surface area contributed by atoms with Crippen LogP contribution in [0.5, 0.6) is 5.75 Å². The molecule has 0 bridgehead atoms. The standard InChI is InChI=1S/C29H36N4O6S/c1-19(2)15-24(31-29(36)26-16-20-9-5-6-13-25(20)32(26)3)28(35)30-23-12-8-14-33(18-27(23)34)40(37,38)22-11-7-10-21(17-22)39-4/h5-7,9-11,13,16-17,19,23-24H,8,12,14-15,18H2,1-4H3,(H,30,35)(H,31,36)/t23-,24-/m0/s1. The van der Waals surface area contributed by atoms with Gasteiger partial charge < -0.3 is 19.9 Å². The fourth-order valence-electron chi connectivity index (χ4n) is 4.98. The summed E-state index contributed by atoms with van der Waals surface area (Å²) in [6, 6.07) is 13.8. The number of carbonyl (C=O) groups excluding carboxylic acids is 3. The Labute approximate surface area is 234 Å². The number of carbonyl (C=O) groups is 3. The maximum Gasteiger partial charge on any atom is 0.268 e. The molecule has 0 aliphatic carbocycles. The van der Waals surface area contributed by atoms with E-state index < -0.39 is 33.8 Å². The predicted octanol–water partition coefficient (Wildman–Crippen LogP) is 2.87. The lowest BCUT2D eigenvalue weighted by atomic mass is 10.0. The highest BCUT2D eigenvalue weighted by Crippen LogP contribution is 2.23. The van der Waals surface area contributed by atoms with Crippen molar-refractivity contribution in [2.24, 2.45) is 13.0 Å². The number of sulfonamides is 1. The number of hydrogen-bond donors (Lipinski definition) is 2. The quantitative estimate of drug-likeness (QED) is 0.409. The predicted molar refractivity (Wildman–Crippen MR) is 152 cm³/mol. The van der Waals surface area contributed by atoms with Crippen LogP contribution in [0.4, 0.5) is 0 Å². The summed E-state index contributed by atoms with van der Waals surface area (Å²) in [6.45, 7) is 3.68. The molecule has 2 amide bonds. The average molecular weight is 569 g/mol. The summed E-state index contributed by atoms with van der Waals surface area (Å²) in [5, 5.41) is 6.56. The lowest BCUT2D eigenvalue weighted by Gasteiger charge is -2.23. The molecule has 2 atom stereocenters. The van der Waals surface area contributed by atoms with Crippen LogP contribution in [0, 0.1) is 5.92 Å². The maximum atomic E-state index is 13.4. The Balaban J connectivity index is 1.46. The van der Waals surface area contributed by atoms with Gasteiger partial charge in [0, 0.05) is 30.6 Å². The lowest BCUT2D eigenvalue weighted by Crippen LogP contribution is -2.52. The summed E-state index contributed by atoms with van der Waals surface area (Å²) in [7, 11) is -0.691. The van der Waals surface area contributed by atoms with Crippen molar-refractivity contribution >= 4 is 38.5 Å². The molecule has 2 heterocycles. The molecular weight excluding hydrogens is 532 g/mol. The van der Waals surface area contributed by atoms with E-state index in [1.807, 2.05) is 38.1 Å². The number of Topliss-reactive ketones (excluding diaryl/α,β-unsaturated/α-hetero) is 1. The second kappa shape index (κ2) is 12.2. The van der Waals surface area contributed by atoms with Gasteiger partial charge in [-0.1, -0.05) is 38.1 Å². The van der Waals surface area contributed by atoms with E-state index >= 15 is 0 Å². The maximum absolute atomic E-state index is 13.4. The summed E-state index contributed by atoms with van der Waals surface area (Å²) in [4.78, 5) is 39.8. The second-order valence-electron chi connectivity index (χ2n) is 10.5. The Morgan fingerprint density at radius 1 is 1.10 bits per heavy atom. The summed E-state index contributed by atoms with van der Waals surface area (Å²) < 4.78 is 34.5. The number of rotatable bonds is 9. The largest absolute Gasteiger partial charge is 0.497 e. The highest BCUT2D eigenvalue weighted by Gasteiger charge is 2.34. The third-order valence-electron chi connectivity index (χ3n) is 7.13. The zero-order chi connectivity index (χ0) is 29.0. The highest BCUT2D eigenvalue weighted by molar-refractivity contribution is 7.89. The van der Waals surface area contributed by atoms with Crippen LogP contribution in [0.25, 0.3) is 10.9 Å². The molecule has 4 rings (SSSR count). The van der Waals surface area contributed by atoms with Gasteiger partial charge in [0.05, 0.1) is 24.6 Å². The lowest BCUT2D eigenvalue weighted by molar-refractivity contribution is -0.129. The Bertz CT molecular complexity index is 1510. The number of amides is 2. The minimum Gasteiger partial charge on any atom is -0.497 e. The zero-order valence-corrected chi connectivity index (χ0v) is 24.0. The molecule has 2 aromatic carbocycles. The first-order valence-corrected chi connectivity index (χ1v) is 14.8. The van der Waals surface area contributed by atoms with E-state index in [1.165, 1.54) is 19.2 Å². The van der Waals surface area contributed by atoms with E-state index in [4.69, 9.17) is 4.74 Å². The molecule has 0 saturated carbocycles. The van der Waals surface area contributed by atoms with Crippen LogP contribution in [0.1, 0.15) is 43.6 Å². The third-order valence-corrected chi connectivity index (χ3v) is 8.97. The van der Waals surface area contributed by atoms with Crippen molar-refractivity contribution in [3.8, 4) is 5.75 Å². The van der Waals surface area contributed by atoms with Crippen molar-refractivity contribution < 1.29 is 27.5 Å². The molecule has 2 N–H and O–H groups in total. The van der Waals surface area contributed by atoms with Crippen molar-refractivity contribution in [1.82, 2.24) is 19.5 Å². The smallest absolute Gasteiger partial charge is 0.268 e. The van der Waals surface area contributed by atoms with Gasteiger partial charge in [-0.05, 0) is 49.4 Å². The van der Waals surface area contributed by atoms with Crippen molar-refractivity contribution in [1.29, 1.82) is 0 Å². The van der Waals surface area contributed by atoms with Crippen molar-refractivity contribution in [2.75, 3.05) is 20.2 Å². The van der Waals surface area contributed by atoms with E-state index in [9.17, 15) is 22.8 Å². The first-order valence-electron chi connectivity index (χ1n) is 13.3. The summed E-state index contributed by atoms with van der Waals surface area (Å²) in [6.07, 6.45) is 1.05. The summed E-state index contributed by atoms with van der Waals surface area (Å²) in [5.41, 5.74) is 1.32. The van der Waals surface area contributed by atoms with Gasteiger partial charge in [-0.15, -0.1) is 0 Å². The molecule has 1 fully saturated rings. The van der Waals surface area contributed by atoms with E-state index in [1.54, 1.807) is 29.8 Å². The number of fused-ring (bicyclic) bond motifs is 1. The molecule has 214 valence electrons. The van der Waals surface area contributed by atoms with Gasteiger partial charge in [0.1, 0.15) is 17.5 Å². The number of hydrogen-bond acceptors (Lipinski definition) is 6. The topological polar surface area (TPSA) is 127 Å². The van der Waals surface area contributed by atoms with Gasteiger partial charge in [-0.2, -0.15) is 4.31 Å². The molecule has 1 aliphatic heterocycles. The van der Waals surface area contributed by atoms with Gasteiger partial charge in [0.25, 0.3) is 5.91 Å². The number of aryl methyl sites for hydroxylation is 1. The monoisotopic (exact) mass is 568 g/mol. The zero-order valence-electron chi connectivity index (χ0n) is 23.2. The van der Waals surface area contributed by atoms with E-state index in [0.717, 1.165) is 15.2 Å². The Morgan fingerprint density at radius 3 is 2.55 bits per heavy atom. The van der Waals surface area contributed by atoms with Crippen molar-refractivity contribution in [3.63, 3.8) is 0 Å². The molecular formula is C29H36N4O6S. The molecule has 1 saturated heterocycles. The van der Waals surface area contributed by atoms with E-state index in [0.29, 0.717) is 30.7 Å². The number of nitrogens with one attached hydrogen (secondary N) is 2. The van der Waals surface area contributed by atoms with Gasteiger partial charge in [0.15, 0.2) is 5.78 Å². The summed E-state index contributed by atoms with van der Waals surface area (Å²) in [5.74, 6) is -0.767. The van der Waals surface area contributed by atoms with E-state index in [-0.39, 0.29) is 29.8 Å². The number of nitrogens with zero attached hydrogens (tertiary/aromatic N) is 2. The summed E-state index contributed by atoms with van der Waals surface area (Å²) >= 11 is 0. The SMILES string of the molecule is COc1cccc(S(=O)(=O)N2CCC[C@H](NC(=O)[C@H](CC(C)C)NC(=O)c3cc4ccccc4n3C)C(=O)C2)c1. The number of benzene rings is 2. The first kappa shape index (κ1) is 29.3. The molecule has 11 heteroatoms. The molecule has 10 nitrogen and oxygen atoms in total. The third kappa shape index (κ3) is 6.37. The molecule has 0 spiro atoms. The van der Waals surface area contributed by atoms with Crippen LogP contribution in [0.2, 0.25) is 0 Å². The van der Waals surface area contributed by atoms with Crippen LogP contribution in [-0.2, 0) is 26.7 Å².